The third-order valence-electron chi connectivity index (χ3n) is 4.89. The van der Waals surface area contributed by atoms with Crippen molar-refractivity contribution < 1.29 is 19.0 Å². The molecule has 0 radical (unpaired) electrons. The molecule has 0 spiro atoms. The molecule has 2 aromatic carbocycles. The van der Waals surface area contributed by atoms with Gasteiger partial charge in [0.05, 0.1) is 19.8 Å². The summed E-state index contributed by atoms with van der Waals surface area (Å²) < 4.78 is 17.1. The maximum Gasteiger partial charge on any atom is 0.305 e. The van der Waals surface area contributed by atoms with Gasteiger partial charge >= 0.3 is 5.97 Å². The first-order valence-corrected chi connectivity index (χ1v) is 9.66. The zero-order valence-electron chi connectivity index (χ0n) is 15.5. The predicted octanol–water partition coefficient (Wildman–Crippen LogP) is 4.94. The van der Waals surface area contributed by atoms with Crippen molar-refractivity contribution in [3.63, 3.8) is 0 Å². The van der Waals surface area contributed by atoms with Crippen LogP contribution >= 0.6 is 0 Å². The number of benzene rings is 2. The van der Waals surface area contributed by atoms with E-state index in [1.165, 1.54) is 10.8 Å². The van der Waals surface area contributed by atoms with Gasteiger partial charge in [0.2, 0.25) is 0 Å². The lowest BCUT2D eigenvalue weighted by Crippen LogP contribution is -2.27. The Kier molecular flexibility index (Phi) is 6.64. The van der Waals surface area contributed by atoms with Crippen molar-refractivity contribution in [1.82, 2.24) is 0 Å². The number of hydrogen-bond acceptors (Lipinski definition) is 4. The Morgan fingerprint density at radius 3 is 2.50 bits per heavy atom. The number of ether oxygens (including phenoxy) is 3. The minimum Gasteiger partial charge on any atom is -0.466 e. The van der Waals surface area contributed by atoms with Gasteiger partial charge in [-0.05, 0) is 36.6 Å². The maximum atomic E-state index is 11.4. The first-order chi connectivity index (χ1) is 12.7. The SMILES string of the molecule is CCOC(=O)CCCCCCC1(c2ccc3ccccc3c2)OCCO1. The summed E-state index contributed by atoms with van der Waals surface area (Å²) in [5.74, 6) is -0.715. The fourth-order valence-corrected chi connectivity index (χ4v) is 3.55. The molecule has 0 amide bonds. The normalized spacial score (nSPS) is 16.0. The molecule has 1 aliphatic heterocycles. The van der Waals surface area contributed by atoms with Crippen molar-refractivity contribution in [3.05, 3.63) is 48.0 Å². The Balaban J connectivity index is 1.55. The zero-order chi connectivity index (χ0) is 18.2. The van der Waals surface area contributed by atoms with E-state index in [-0.39, 0.29) is 5.97 Å². The van der Waals surface area contributed by atoms with Gasteiger partial charge in [-0.2, -0.15) is 0 Å². The second-order valence-corrected chi connectivity index (χ2v) is 6.73. The lowest BCUT2D eigenvalue weighted by Gasteiger charge is -2.28. The van der Waals surface area contributed by atoms with E-state index >= 15 is 0 Å². The molecule has 0 saturated carbocycles. The van der Waals surface area contributed by atoms with E-state index in [1.54, 1.807) is 0 Å². The van der Waals surface area contributed by atoms with Crippen molar-refractivity contribution in [2.24, 2.45) is 0 Å². The van der Waals surface area contributed by atoms with Gasteiger partial charge in [-0.3, -0.25) is 4.79 Å². The van der Waals surface area contributed by atoms with Gasteiger partial charge in [-0.25, -0.2) is 0 Å². The molecule has 0 aromatic heterocycles. The Bertz CT molecular complexity index is 719. The molecule has 1 fully saturated rings. The standard InChI is InChI=1S/C22H28O4/c1-2-24-21(23)11-5-3-4-8-14-22(25-15-16-26-22)20-13-12-18-9-6-7-10-19(18)17-20/h6-7,9-10,12-13,17H,2-5,8,11,14-16H2,1H3. The van der Waals surface area contributed by atoms with E-state index in [9.17, 15) is 4.79 Å². The van der Waals surface area contributed by atoms with Gasteiger partial charge < -0.3 is 14.2 Å². The van der Waals surface area contributed by atoms with Crippen molar-refractivity contribution in [2.75, 3.05) is 19.8 Å². The molecule has 140 valence electrons. The summed E-state index contributed by atoms with van der Waals surface area (Å²) in [5.41, 5.74) is 1.10. The van der Waals surface area contributed by atoms with Crippen molar-refractivity contribution in [1.29, 1.82) is 0 Å². The van der Waals surface area contributed by atoms with Crippen LogP contribution in [-0.2, 0) is 24.8 Å². The van der Waals surface area contributed by atoms with Crippen LogP contribution in [0.5, 0.6) is 0 Å². The lowest BCUT2D eigenvalue weighted by atomic mass is 9.96. The highest BCUT2D eigenvalue weighted by Crippen LogP contribution is 2.37. The minimum absolute atomic E-state index is 0.0948. The van der Waals surface area contributed by atoms with Crippen LogP contribution in [-0.4, -0.2) is 25.8 Å². The molecule has 3 rings (SSSR count). The molecule has 1 aliphatic rings. The van der Waals surface area contributed by atoms with E-state index in [4.69, 9.17) is 14.2 Å². The van der Waals surface area contributed by atoms with E-state index in [0.717, 1.165) is 37.7 Å². The van der Waals surface area contributed by atoms with Gasteiger partial charge in [0.25, 0.3) is 0 Å². The highest BCUT2D eigenvalue weighted by Gasteiger charge is 2.37. The molecule has 2 aromatic rings. The van der Waals surface area contributed by atoms with Gasteiger partial charge in [-0.15, -0.1) is 0 Å². The van der Waals surface area contributed by atoms with Gasteiger partial charge in [-0.1, -0.05) is 49.2 Å². The minimum atomic E-state index is -0.620. The summed E-state index contributed by atoms with van der Waals surface area (Å²) in [5, 5.41) is 2.43. The number of hydrogen-bond donors (Lipinski definition) is 0. The third kappa shape index (κ3) is 4.63. The molecule has 4 nitrogen and oxygen atoms in total. The molecule has 4 heteroatoms. The fourth-order valence-electron chi connectivity index (χ4n) is 3.55. The largest absolute Gasteiger partial charge is 0.466 e. The Labute approximate surface area is 155 Å². The average Bonchev–Trinajstić information content (AvgIpc) is 3.14. The molecule has 0 unspecified atom stereocenters. The topological polar surface area (TPSA) is 44.8 Å². The predicted molar refractivity (Wildman–Crippen MR) is 102 cm³/mol. The molecule has 0 aliphatic carbocycles. The van der Waals surface area contributed by atoms with E-state index in [1.807, 2.05) is 6.92 Å². The number of carbonyl (C=O) groups excluding carboxylic acids is 1. The fraction of sp³-hybridized carbons (Fsp3) is 0.500. The van der Waals surface area contributed by atoms with Crippen LogP contribution in [0.2, 0.25) is 0 Å². The Morgan fingerprint density at radius 1 is 1.00 bits per heavy atom. The summed E-state index contributed by atoms with van der Waals surface area (Å²) in [6.07, 6.45) is 5.31. The number of fused-ring (bicyclic) bond motifs is 1. The summed E-state index contributed by atoms with van der Waals surface area (Å²) in [4.78, 5) is 11.4. The van der Waals surface area contributed by atoms with Crippen LogP contribution in [0.15, 0.2) is 42.5 Å². The highest BCUT2D eigenvalue weighted by atomic mass is 16.7. The van der Waals surface area contributed by atoms with E-state index in [2.05, 4.69) is 42.5 Å². The molecule has 0 bridgehead atoms. The van der Waals surface area contributed by atoms with Crippen LogP contribution in [0.1, 0.15) is 51.0 Å². The van der Waals surface area contributed by atoms with E-state index < -0.39 is 5.79 Å². The molecular formula is C22H28O4. The first-order valence-electron chi connectivity index (χ1n) is 9.66. The quantitative estimate of drug-likeness (QED) is 0.471. The second-order valence-electron chi connectivity index (χ2n) is 6.73. The number of esters is 1. The molecular weight excluding hydrogens is 328 g/mol. The number of rotatable bonds is 9. The van der Waals surface area contributed by atoms with Gasteiger partial charge in [0.15, 0.2) is 5.79 Å². The summed E-state index contributed by atoms with van der Waals surface area (Å²) in [7, 11) is 0. The molecule has 0 atom stereocenters. The number of carbonyl (C=O) groups is 1. The molecule has 1 heterocycles. The summed E-state index contributed by atoms with van der Waals surface area (Å²) >= 11 is 0. The van der Waals surface area contributed by atoms with Crippen molar-refractivity contribution in [3.8, 4) is 0 Å². The molecule has 0 N–H and O–H groups in total. The number of unbranched alkanes of at least 4 members (excludes halogenated alkanes) is 3. The maximum absolute atomic E-state index is 11.4. The zero-order valence-corrected chi connectivity index (χ0v) is 15.5. The van der Waals surface area contributed by atoms with Crippen LogP contribution in [0, 0.1) is 0 Å². The Morgan fingerprint density at radius 2 is 1.73 bits per heavy atom. The summed E-state index contributed by atoms with van der Waals surface area (Å²) in [6.45, 7) is 3.57. The Hall–Kier alpha value is -1.91. The van der Waals surface area contributed by atoms with Gasteiger partial charge in [0, 0.05) is 18.4 Å². The molecule has 26 heavy (non-hydrogen) atoms. The average molecular weight is 356 g/mol. The third-order valence-corrected chi connectivity index (χ3v) is 4.89. The van der Waals surface area contributed by atoms with Crippen molar-refractivity contribution in [2.45, 2.75) is 51.2 Å². The summed E-state index contributed by atoms with van der Waals surface area (Å²) in [6, 6.07) is 14.8. The smallest absolute Gasteiger partial charge is 0.305 e. The lowest BCUT2D eigenvalue weighted by molar-refractivity contribution is -0.171. The van der Waals surface area contributed by atoms with Crippen LogP contribution in [0.25, 0.3) is 10.8 Å². The first kappa shape index (κ1) is 18.9. The van der Waals surface area contributed by atoms with Crippen LogP contribution < -0.4 is 0 Å². The van der Waals surface area contributed by atoms with E-state index in [0.29, 0.717) is 26.2 Å². The second kappa shape index (κ2) is 9.15. The highest BCUT2D eigenvalue weighted by molar-refractivity contribution is 5.83. The van der Waals surface area contributed by atoms with Crippen LogP contribution in [0.3, 0.4) is 0 Å². The van der Waals surface area contributed by atoms with Crippen LogP contribution in [0.4, 0.5) is 0 Å². The van der Waals surface area contributed by atoms with Crippen molar-refractivity contribution >= 4 is 16.7 Å². The van der Waals surface area contributed by atoms with Gasteiger partial charge in [0.1, 0.15) is 0 Å². The molecule has 1 saturated heterocycles. The monoisotopic (exact) mass is 356 g/mol.